The van der Waals surface area contributed by atoms with Crippen molar-refractivity contribution >= 4 is 0 Å². The lowest BCUT2D eigenvalue weighted by molar-refractivity contribution is 0.640. The molecule has 15 heavy (non-hydrogen) atoms. The molecule has 0 saturated carbocycles. The van der Waals surface area contributed by atoms with Crippen LogP contribution >= 0.6 is 0 Å². The maximum absolute atomic E-state index is 3.57. The molecule has 2 aliphatic carbocycles. The molecule has 0 bridgehead atoms. The summed E-state index contributed by atoms with van der Waals surface area (Å²) in [4.78, 5) is 0. The summed E-state index contributed by atoms with van der Waals surface area (Å²) in [5, 5.41) is 3.57. The van der Waals surface area contributed by atoms with E-state index in [2.05, 4.69) is 55.6 Å². The topological polar surface area (TPSA) is 12.0 Å². The number of hydrogen-bond acceptors (Lipinski definition) is 1. The SMILES string of the molecule is CC1=CC=CC(NC2=CC(C)CC=C2)C1. The molecular formula is C14H19N. The van der Waals surface area contributed by atoms with Crippen molar-refractivity contribution in [3.05, 3.63) is 47.7 Å². The Hall–Kier alpha value is -1.24. The molecule has 0 aliphatic heterocycles. The van der Waals surface area contributed by atoms with Gasteiger partial charge in [0.25, 0.3) is 0 Å². The van der Waals surface area contributed by atoms with Gasteiger partial charge >= 0.3 is 0 Å². The molecular weight excluding hydrogens is 182 g/mol. The van der Waals surface area contributed by atoms with Crippen LogP contribution in [0, 0.1) is 5.92 Å². The Kier molecular flexibility index (Phi) is 3.10. The molecule has 2 unspecified atom stereocenters. The van der Waals surface area contributed by atoms with Crippen molar-refractivity contribution in [3.63, 3.8) is 0 Å². The van der Waals surface area contributed by atoms with Gasteiger partial charge in [0.15, 0.2) is 0 Å². The Balaban J connectivity index is 1.95. The highest BCUT2D eigenvalue weighted by Crippen LogP contribution is 2.17. The molecule has 0 aromatic heterocycles. The highest BCUT2D eigenvalue weighted by Gasteiger charge is 2.10. The number of allylic oxidation sites excluding steroid dienone is 5. The zero-order chi connectivity index (χ0) is 10.7. The molecule has 80 valence electrons. The molecule has 0 heterocycles. The lowest BCUT2D eigenvalue weighted by Gasteiger charge is -2.22. The minimum absolute atomic E-state index is 0.469. The zero-order valence-corrected chi connectivity index (χ0v) is 9.53. The van der Waals surface area contributed by atoms with Gasteiger partial charge in [-0.2, -0.15) is 0 Å². The molecule has 2 rings (SSSR count). The van der Waals surface area contributed by atoms with E-state index >= 15 is 0 Å². The Labute approximate surface area is 92.3 Å². The van der Waals surface area contributed by atoms with Crippen molar-refractivity contribution < 1.29 is 0 Å². The number of hydrogen-bond donors (Lipinski definition) is 1. The normalized spacial score (nSPS) is 29.7. The van der Waals surface area contributed by atoms with E-state index in [0.29, 0.717) is 12.0 Å². The average molecular weight is 201 g/mol. The number of nitrogens with one attached hydrogen (secondary N) is 1. The summed E-state index contributed by atoms with van der Waals surface area (Å²) in [7, 11) is 0. The second-order valence-electron chi connectivity index (χ2n) is 4.59. The van der Waals surface area contributed by atoms with Gasteiger partial charge in [0.05, 0.1) is 0 Å². The maximum Gasteiger partial charge on any atom is 0.0484 e. The third kappa shape index (κ3) is 2.85. The van der Waals surface area contributed by atoms with E-state index in [1.807, 2.05) is 0 Å². The van der Waals surface area contributed by atoms with E-state index in [9.17, 15) is 0 Å². The van der Waals surface area contributed by atoms with Crippen LogP contribution in [0.4, 0.5) is 0 Å². The summed E-state index contributed by atoms with van der Waals surface area (Å²) < 4.78 is 0. The summed E-state index contributed by atoms with van der Waals surface area (Å²) in [5.74, 6) is 0.668. The third-order valence-electron chi connectivity index (χ3n) is 2.89. The van der Waals surface area contributed by atoms with E-state index in [1.165, 1.54) is 17.7 Å². The highest BCUT2D eigenvalue weighted by molar-refractivity contribution is 5.27. The Morgan fingerprint density at radius 2 is 2.27 bits per heavy atom. The fraction of sp³-hybridized carbons (Fsp3) is 0.429. The lowest BCUT2D eigenvalue weighted by Crippen LogP contribution is -2.28. The van der Waals surface area contributed by atoms with Crippen LogP contribution in [0.5, 0.6) is 0 Å². The second-order valence-corrected chi connectivity index (χ2v) is 4.59. The fourth-order valence-corrected chi connectivity index (χ4v) is 2.09. The summed E-state index contributed by atoms with van der Waals surface area (Å²) in [6.45, 7) is 4.44. The number of rotatable bonds is 2. The molecule has 0 aromatic carbocycles. The molecule has 1 nitrogen and oxygen atoms in total. The first-order chi connectivity index (χ1) is 7.24. The van der Waals surface area contributed by atoms with Gasteiger partial charge in [-0.25, -0.2) is 0 Å². The summed E-state index contributed by atoms with van der Waals surface area (Å²) in [5.41, 5.74) is 2.72. The minimum atomic E-state index is 0.469. The Morgan fingerprint density at radius 3 is 3.00 bits per heavy atom. The Morgan fingerprint density at radius 1 is 1.40 bits per heavy atom. The fourth-order valence-electron chi connectivity index (χ4n) is 2.09. The monoisotopic (exact) mass is 201 g/mol. The van der Waals surface area contributed by atoms with E-state index in [4.69, 9.17) is 0 Å². The standard InChI is InChI=1S/C14H19N/c1-11-5-3-7-13(9-11)15-14-8-4-6-12(2)10-14/h3-5,7-8,10,12-13,15H,6,9H2,1-2H3. The molecule has 0 radical (unpaired) electrons. The molecule has 1 heteroatoms. The largest absolute Gasteiger partial charge is 0.379 e. The van der Waals surface area contributed by atoms with Crippen molar-refractivity contribution in [1.29, 1.82) is 0 Å². The quantitative estimate of drug-likeness (QED) is 0.722. The van der Waals surface area contributed by atoms with Gasteiger partial charge in [0, 0.05) is 11.7 Å². The van der Waals surface area contributed by atoms with Crippen LogP contribution in [0.15, 0.2) is 47.7 Å². The molecule has 1 N–H and O–H groups in total. The minimum Gasteiger partial charge on any atom is -0.379 e. The predicted molar refractivity (Wildman–Crippen MR) is 65.4 cm³/mol. The van der Waals surface area contributed by atoms with Crippen molar-refractivity contribution in [3.8, 4) is 0 Å². The van der Waals surface area contributed by atoms with Gasteiger partial charge in [0.2, 0.25) is 0 Å². The molecule has 0 saturated heterocycles. The first kappa shape index (κ1) is 10.3. The molecule has 2 atom stereocenters. The van der Waals surface area contributed by atoms with Crippen molar-refractivity contribution in [2.75, 3.05) is 0 Å². The summed E-state index contributed by atoms with van der Waals surface area (Å²) in [6, 6.07) is 0.469. The van der Waals surface area contributed by atoms with Gasteiger partial charge in [-0.05, 0) is 31.8 Å². The molecule has 0 spiro atoms. The van der Waals surface area contributed by atoms with Crippen LogP contribution in [-0.4, -0.2) is 6.04 Å². The van der Waals surface area contributed by atoms with Crippen LogP contribution < -0.4 is 5.32 Å². The molecule has 2 aliphatic rings. The Bertz CT molecular complexity index is 344. The first-order valence-corrected chi connectivity index (χ1v) is 5.73. The van der Waals surface area contributed by atoms with Gasteiger partial charge in [-0.3, -0.25) is 0 Å². The van der Waals surface area contributed by atoms with Crippen LogP contribution in [0.3, 0.4) is 0 Å². The predicted octanol–water partition coefficient (Wildman–Crippen LogP) is 3.33. The second kappa shape index (κ2) is 4.52. The van der Waals surface area contributed by atoms with Crippen LogP contribution in [0.2, 0.25) is 0 Å². The maximum atomic E-state index is 3.57. The van der Waals surface area contributed by atoms with E-state index in [-0.39, 0.29) is 0 Å². The molecule has 0 aromatic rings. The first-order valence-electron chi connectivity index (χ1n) is 5.73. The smallest absolute Gasteiger partial charge is 0.0484 e. The highest BCUT2D eigenvalue weighted by atomic mass is 14.9. The van der Waals surface area contributed by atoms with E-state index in [0.717, 1.165) is 6.42 Å². The summed E-state index contributed by atoms with van der Waals surface area (Å²) in [6.07, 6.45) is 15.6. The van der Waals surface area contributed by atoms with Crippen LogP contribution in [0.1, 0.15) is 26.7 Å². The van der Waals surface area contributed by atoms with Gasteiger partial charge in [-0.15, -0.1) is 0 Å². The zero-order valence-electron chi connectivity index (χ0n) is 9.53. The van der Waals surface area contributed by atoms with Gasteiger partial charge in [0.1, 0.15) is 0 Å². The van der Waals surface area contributed by atoms with Crippen molar-refractivity contribution in [2.45, 2.75) is 32.7 Å². The lowest BCUT2D eigenvalue weighted by atomic mass is 9.98. The van der Waals surface area contributed by atoms with E-state index < -0.39 is 0 Å². The average Bonchev–Trinajstić information content (AvgIpc) is 2.17. The molecule has 0 fully saturated rings. The van der Waals surface area contributed by atoms with Crippen molar-refractivity contribution in [1.82, 2.24) is 5.32 Å². The van der Waals surface area contributed by atoms with E-state index in [1.54, 1.807) is 0 Å². The summed E-state index contributed by atoms with van der Waals surface area (Å²) >= 11 is 0. The van der Waals surface area contributed by atoms with Crippen LogP contribution in [-0.2, 0) is 0 Å². The van der Waals surface area contributed by atoms with Gasteiger partial charge < -0.3 is 5.32 Å². The van der Waals surface area contributed by atoms with Gasteiger partial charge in [-0.1, -0.05) is 42.9 Å². The third-order valence-corrected chi connectivity index (χ3v) is 2.89. The van der Waals surface area contributed by atoms with Crippen LogP contribution in [0.25, 0.3) is 0 Å². The van der Waals surface area contributed by atoms with Crippen molar-refractivity contribution in [2.24, 2.45) is 5.92 Å². The molecule has 0 amide bonds.